The molecule has 0 radical (unpaired) electrons. The molecule has 36 heavy (non-hydrogen) atoms. The van der Waals surface area contributed by atoms with Crippen LogP contribution in [0.3, 0.4) is 0 Å². The van der Waals surface area contributed by atoms with Gasteiger partial charge in [-0.3, -0.25) is 9.59 Å². The van der Waals surface area contributed by atoms with Crippen molar-refractivity contribution in [2.75, 3.05) is 7.11 Å². The molecule has 190 valence electrons. The van der Waals surface area contributed by atoms with Gasteiger partial charge in [0.2, 0.25) is 0 Å². The van der Waals surface area contributed by atoms with E-state index in [-0.39, 0.29) is 30.6 Å². The molecule has 3 rings (SSSR count). The van der Waals surface area contributed by atoms with E-state index in [1.807, 2.05) is 42.5 Å². The number of esters is 2. The number of benzene rings is 2. The van der Waals surface area contributed by atoms with Crippen molar-refractivity contribution in [3.05, 3.63) is 93.7 Å². The smallest absolute Gasteiger partial charge is 0.328 e. The number of nitrogens with one attached hydrogen (secondary N) is 1. The Morgan fingerprint density at radius 2 is 1.47 bits per heavy atom. The molecule has 0 aliphatic rings. The first kappa shape index (κ1) is 27.1. The van der Waals surface area contributed by atoms with Crippen LogP contribution < -0.4 is 5.32 Å². The Labute approximate surface area is 216 Å². The van der Waals surface area contributed by atoms with Crippen LogP contribution in [0.15, 0.2) is 72.8 Å². The minimum Gasteiger partial charge on any atom is -0.467 e. The predicted molar refractivity (Wildman–Crippen MR) is 141 cm³/mol. The first-order chi connectivity index (χ1) is 17.2. The van der Waals surface area contributed by atoms with Gasteiger partial charge in [0.05, 0.1) is 12.0 Å². The van der Waals surface area contributed by atoms with Crippen LogP contribution in [0.2, 0.25) is 0 Å². The molecule has 1 heterocycles. The molecule has 0 saturated heterocycles. The van der Waals surface area contributed by atoms with Crippen molar-refractivity contribution in [1.29, 1.82) is 0 Å². The lowest BCUT2D eigenvalue weighted by molar-refractivity contribution is -0.155. The van der Waals surface area contributed by atoms with E-state index in [0.717, 1.165) is 16.0 Å². The molecule has 6 nitrogen and oxygen atoms in total. The molecule has 0 spiro atoms. The maximum absolute atomic E-state index is 13.1. The number of amides is 1. The fourth-order valence-electron chi connectivity index (χ4n) is 3.91. The van der Waals surface area contributed by atoms with E-state index >= 15 is 0 Å². The van der Waals surface area contributed by atoms with Crippen LogP contribution in [0.1, 0.15) is 71.6 Å². The van der Waals surface area contributed by atoms with Crippen molar-refractivity contribution in [3.63, 3.8) is 0 Å². The van der Waals surface area contributed by atoms with Gasteiger partial charge in [-0.15, -0.1) is 11.3 Å². The Balaban J connectivity index is 1.72. The van der Waals surface area contributed by atoms with Crippen molar-refractivity contribution in [2.45, 2.75) is 57.6 Å². The van der Waals surface area contributed by atoms with Gasteiger partial charge in [-0.25, -0.2) is 4.79 Å². The minimum atomic E-state index is -0.852. The largest absolute Gasteiger partial charge is 0.467 e. The Bertz CT molecular complexity index is 1110. The molecule has 1 atom stereocenters. The lowest BCUT2D eigenvalue weighted by Crippen LogP contribution is -2.41. The average Bonchev–Trinajstić information content (AvgIpc) is 3.33. The van der Waals surface area contributed by atoms with E-state index < -0.39 is 17.6 Å². The van der Waals surface area contributed by atoms with E-state index in [2.05, 4.69) is 29.6 Å². The molecule has 0 aliphatic heterocycles. The lowest BCUT2D eigenvalue weighted by Gasteiger charge is -2.20. The van der Waals surface area contributed by atoms with Gasteiger partial charge in [-0.1, -0.05) is 60.7 Å². The summed E-state index contributed by atoms with van der Waals surface area (Å²) in [6, 6.07) is 23.2. The Morgan fingerprint density at radius 3 is 2.00 bits per heavy atom. The summed E-state index contributed by atoms with van der Waals surface area (Å²) in [5.41, 5.74) is 1.69. The van der Waals surface area contributed by atoms with Gasteiger partial charge in [-0.2, -0.15) is 0 Å². The van der Waals surface area contributed by atoms with Crippen LogP contribution in [0.25, 0.3) is 0 Å². The van der Waals surface area contributed by atoms with Crippen molar-refractivity contribution in [1.82, 2.24) is 5.32 Å². The van der Waals surface area contributed by atoms with Crippen molar-refractivity contribution in [3.8, 4) is 0 Å². The molecule has 7 heteroatoms. The predicted octanol–water partition coefficient (Wildman–Crippen LogP) is 5.71. The second-order valence-electron chi connectivity index (χ2n) is 9.48. The van der Waals surface area contributed by atoms with Crippen LogP contribution in [0.5, 0.6) is 0 Å². The maximum Gasteiger partial charge on any atom is 0.328 e. The molecular formula is C29H33NO5S. The highest BCUT2D eigenvalue weighted by Gasteiger charge is 2.25. The number of carbonyl (C=O) groups is 3. The van der Waals surface area contributed by atoms with Gasteiger partial charge in [-0.05, 0) is 56.9 Å². The van der Waals surface area contributed by atoms with Gasteiger partial charge < -0.3 is 14.8 Å². The summed E-state index contributed by atoms with van der Waals surface area (Å²) in [5, 5.41) is 2.78. The third-order valence-electron chi connectivity index (χ3n) is 5.49. The second-order valence-corrected chi connectivity index (χ2v) is 10.6. The van der Waals surface area contributed by atoms with Crippen LogP contribution in [-0.4, -0.2) is 36.6 Å². The first-order valence-corrected chi connectivity index (χ1v) is 12.8. The van der Waals surface area contributed by atoms with Gasteiger partial charge in [0.25, 0.3) is 5.91 Å². The normalized spacial score (nSPS) is 12.1. The van der Waals surface area contributed by atoms with Crippen LogP contribution in [0, 0.1) is 0 Å². The Kier molecular flexibility index (Phi) is 9.42. The van der Waals surface area contributed by atoms with E-state index in [4.69, 9.17) is 9.47 Å². The molecule has 0 fully saturated rings. The summed E-state index contributed by atoms with van der Waals surface area (Å²) in [7, 11) is 1.28. The number of carbonyl (C=O) groups excluding carboxylic acids is 3. The summed E-state index contributed by atoms with van der Waals surface area (Å²) >= 11 is 1.40. The van der Waals surface area contributed by atoms with E-state index in [0.29, 0.717) is 11.3 Å². The minimum absolute atomic E-state index is 0.0100. The summed E-state index contributed by atoms with van der Waals surface area (Å²) < 4.78 is 10.2. The zero-order chi connectivity index (χ0) is 26.1. The number of methoxy groups -OCH3 is 1. The van der Waals surface area contributed by atoms with Crippen molar-refractivity contribution < 1.29 is 23.9 Å². The Hall–Kier alpha value is -3.45. The number of hydrogen-bond donors (Lipinski definition) is 1. The number of hydrogen-bond acceptors (Lipinski definition) is 6. The van der Waals surface area contributed by atoms with Crippen LogP contribution in [-0.2, 0) is 19.1 Å². The molecule has 1 amide bonds. The van der Waals surface area contributed by atoms with Gasteiger partial charge in [0.1, 0.15) is 11.6 Å². The molecule has 1 aromatic heterocycles. The van der Waals surface area contributed by atoms with E-state index in [1.54, 1.807) is 26.8 Å². The van der Waals surface area contributed by atoms with Gasteiger partial charge in [0, 0.05) is 17.2 Å². The summed E-state index contributed by atoms with van der Waals surface area (Å²) in [4.78, 5) is 38.9. The highest BCUT2D eigenvalue weighted by molar-refractivity contribution is 7.14. The van der Waals surface area contributed by atoms with Crippen molar-refractivity contribution in [2.24, 2.45) is 0 Å². The fraction of sp³-hybridized carbons (Fsp3) is 0.345. The van der Waals surface area contributed by atoms with E-state index in [1.165, 1.54) is 18.4 Å². The molecular weight excluding hydrogens is 474 g/mol. The second kappa shape index (κ2) is 12.5. The average molecular weight is 508 g/mol. The number of ether oxygens (including phenoxy) is 2. The molecule has 0 bridgehead atoms. The number of thiophene rings is 1. The van der Waals surface area contributed by atoms with E-state index in [9.17, 15) is 14.4 Å². The molecule has 0 aliphatic carbocycles. The monoisotopic (exact) mass is 507 g/mol. The Morgan fingerprint density at radius 1 is 0.889 bits per heavy atom. The topological polar surface area (TPSA) is 81.7 Å². The maximum atomic E-state index is 13.1. The quantitative estimate of drug-likeness (QED) is 0.356. The van der Waals surface area contributed by atoms with Crippen LogP contribution in [0.4, 0.5) is 0 Å². The third-order valence-corrected chi connectivity index (χ3v) is 6.63. The molecule has 0 unspecified atom stereocenters. The first-order valence-electron chi connectivity index (χ1n) is 12.0. The zero-order valence-corrected chi connectivity index (χ0v) is 22.0. The fourth-order valence-corrected chi connectivity index (χ4v) is 4.97. The van der Waals surface area contributed by atoms with Crippen LogP contribution >= 0.6 is 11.3 Å². The third kappa shape index (κ3) is 7.78. The zero-order valence-electron chi connectivity index (χ0n) is 21.2. The summed E-state index contributed by atoms with van der Waals surface area (Å²) in [6.45, 7) is 5.41. The van der Waals surface area contributed by atoms with Crippen molar-refractivity contribution >= 4 is 29.2 Å². The highest BCUT2D eigenvalue weighted by atomic mass is 32.1. The van der Waals surface area contributed by atoms with Gasteiger partial charge >= 0.3 is 11.9 Å². The SMILES string of the molecule is COC(=O)[C@H](CCCC(=O)OC(C)(C)C)NC(=O)c1ccc(C(c2ccccc2)c2ccccc2)s1. The molecule has 2 aromatic carbocycles. The summed E-state index contributed by atoms with van der Waals surface area (Å²) in [5.74, 6) is -1.24. The standard InChI is InChI=1S/C29H33NO5S/c1-29(2,3)35-25(31)17-11-16-22(28(33)34-4)30-27(32)24-19-18-23(36-24)26(20-12-7-5-8-13-20)21-14-9-6-10-15-21/h5-10,12-15,18-19,22,26H,11,16-17H2,1-4H3,(H,30,32)/t22-/m0/s1. The highest BCUT2D eigenvalue weighted by Crippen LogP contribution is 2.36. The summed E-state index contributed by atoms with van der Waals surface area (Å²) in [6.07, 6.45) is 0.806. The molecule has 1 N–H and O–H groups in total. The lowest BCUT2D eigenvalue weighted by atomic mass is 9.90. The van der Waals surface area contributed by atoms with Gasteiger partial charge in [0.15, 0.2) is 0 Å². The molecule has 0 saturated carbocycles. The number of rotatable bonds is 10. The molecule has 3 aromatic rings.